The minimum atomic E-state index is -0.111. The summed E-state index contributed by atoms with van der Waals surface area (Å²) in [6.07, 6.45) is 0.357. The number of benzene rings is 2. The standard InChI is InChI=1S/C22H22ClN3O2/c1-13(2)15-4-6-16(7-5-15)21-24-22(28-25-21)17-11-20(27)26(12-17)18-8-9-19(23)14(3)10-18/h4-10,13,17H,11-12H2,1-3H3. The zero-order chi connectivity index (χ0) is 19.8. The molecule has 0 N–H and O–H groups in total. The maximum Gasteiger partial charge on any atom is 0.232 e. The number of nitrogens with zero attached hydrogens (tertiary/aromatic N) is 3. The van der Waals surface area contributed by atoms with Gasteiger partial charge in [-0.3, -0.25) is 4.79 Å². The number of aromatic nitrogens is 2. The van der Waals surface area contributed by atoms with Crippen LogP contribution in [-0.4, -0.2) is 22.6 Å². The van der Waals surface area contributed by atoms with Crippen molar-refractivity contribution < 1.29 is 9.32 Å². The average molecular weight is 396 g/mol. The van der Waals surface area contributed by atoms with Crippen LogP contribution in [0.25, 0.3) is 11.4 Å². The Morgan fingerprint density at radius 2 is 1.93 bits per heavy atom. The molecule has 2 heterocycles. The molecule has 0 radical (unpaired) electrons. The highest BCUT2D eigenvalue weighted by Gasteiger charge is 2.35. The first-order valence-corrected chi connectivity index (χ1v) is 9.80. The van der Waals surface area contributed by atoms with Crippen molar-refractivity contribution in [1.29, 1.82) is 0 Å². The van der Waals surface area contributed by atoms with Gasteiger partial charge >= 0.3 is 0 Å². The summed E-state index contributed by atoms with van der Waals surface area (Å²) in [5.74, 6) is 1.47. The summed E-state index contributed by atoms with van der Waals surface area (Å²) >= 11 is 6.10. The van der Waals surface area contributed by atoms with Crippen LogP contribution < -0.4 is 4.90 Å². The topological polar surface area (TPSA) is 59.2 Å². The number of carbonyl (C=O) groups excluding carboxylic acids is 1. The normalized spacial score (nSPS) is 17.0. The lowest BCUT2D eigenvalue weighted by atomic mass is 10.0. The molecule has 1 aliphatic heterocycles. The van der Waals surface area contributed by atoms with Crippen LogP contribution in [0.15, 0.2) is 47.0 Å². The summed E-state index contributed by atoms with van der Waals surface area (Å²) in [6.45, 7) is 6.77. The third-order valence-electron chi connectivity index (χ3n) is 5.20. The van der Waals surface area contributed by atoms with Crippen LogP contribution in [-0.2, 0) is 4.79 Å². The Balaban J connectivity index is 1.53. The van der Waals surface area contributed by atoms with E-state index in [2.05, 4.69) is 36.1 Å². The van der Waals surface area contributed by atoms with E-state index in [1.807, 2.05) is 37.3 Å². The van der Waals surface area contributed by atoms with Crippen LogP contribution in [0.4, 0.5) is 5.69 Å². The summed E-state index contributed by atoms with van der Waals surface area (Å²) in [5, 5.41) is 4.81. The fourth-order valence-electron chi connectivity index (χ4n) is 3.45. The number of amides is 1. The Morgan fingerprint density at radius 1 is 1.18 bits per heavy atom. The predicted octanol–water partition coefficient (Wildman–Crippen LogP) is 5.34. The summed E-state index contributed by atoms with van der Waals surface area (Å²) in [7, 11) is 0. The van der Waals surface area contributed by atoms with Gasteiger partial charge in [-0.25, -0.2) is 0 Å². The van der Waals surface area contributed by atoms with E-state index < -0.39 is 0 Å². The van der Waals surface area contributed by atoms with Gasteiger partial charge in [0.1, 0.15) is 0 Å². The average Bonchev–Trinajstić information content (AvgIpc) is 3.31. The number of halogens is 1. The van der Waals surface area contributed by atoms with Gasteiger partial charge < -0.3 is 9.42 Å². The van der Waals surface area contributed by atoms with Crippen molar-refractivity contribution in [2.45, 2.75) is 39.0 Å². The molecule has 2 aromatic carbocycles. The molecule has 0 spiro atoms. The summed E-state index contributed by atoms with van der Waals surface area (Å²) in [4.78, 5) is 18.8. The Hall–Kier alpha value is -2.66. The van der Waals surface area contributed by atoms with E-state index in [9.17, 15) is 4.79 Å². The molecule has 28 heavy (non-hydrogen) atoms. The second-order valence-corrected chi connectivity index (χ2v) is 7.98. The van der Waals surface area contributed by atoms with Gasteiger partial charge in [-0.2, -0.15) is 4.98 Å². The molecule has 144 valence electrons. The lowest BCUT2D eigenvalue weighted by Crippen LogP contribution is -2.24. The number of rotatable bonds is 4. The Kier molecular flexibility index (Phi) is 4.94. The maximum atomic E-state index is 12.5. The van der Waals surface area contributed by atoms with Crippen molar-refractivity contribution in [2.75, 3.05) is 11.4 Å². The molecule has 5 nitrogen and oxygen atoms in total. The Bertz CT molecular complexity index is 1010. The van der Waals surface area contributed by atoms with Gasteiger partial charge in [-0.15, -0.1) is 0 Å². The van der Waals surface area contributed by atoms with E-state index in [4.69, 9.17) is 16.1 Å². The zero-order valence-corrected chi connectivity index (χ0v) is 16.9. The molecule has 1 amide bonds. The minimum Gasteiger partial charge on any atom is -0.339 e. The largest absolute Gasteiger partial charge is 0.339 e. The molecule has 1 aliphatic rings. The van der Waals surface area contributed by atoms with Crippen molar-refractivity contribution in [1.82, 2.24) is 10.1 Å². The van der Waals surface area contributed by atoms with Crippen molar-refractivity contribution in [3.8, 4) is 11.4 Å². The van der Waals surface area contributed by atoms with E-state index in [0.29, 0.717) is 35.6 Å². The Morgan fingerprint density at radius 3 is 2.61 bits per heavy atom. The van der Waals surface area contributed by atoms with Gasteiger partial charge in [-0.1, -0.05) is 54.9 Å². The van der Waals surface area contributed by atoms with Crippen LogP contribution >= 0.6 is 11.6 Å². The van der Waals surface area contributed by atoms with Gasteiger partial charge in [0.25, 0.3) is 0 Å². The molecule has 3 aromatic rings. The SMILES string of the molecule is Cc1cc(N2CC(c3nc(-c4ccc(C(C)C)cc4)no3)CC2=O)ccc1Cl. The quantitative estimate of drug-likeness (QED) is 0.598. The van der Waals surface area contributed by atoms with E-state index >= 15 is 0 Å². The molecule has 1 unspecified atom stereocenters. The highest BCUT2D eigenvalue weighted by atomic mass is 35.5. The molecule has 0 bridgehead atoms. The van der Waals surface area contributed by atoms with Crippen LogP contribution in [0.3, 0.4) is 0 Å². The van der Waals surface area contributed by atoms with Crippen LogP contribution in [0.5, 0.6) is 0 Å². The molecule has 1 saturated heterocycles. The van der Waals surface area contributed by atoms with Crippen molar-refractivity contribution in [3.05, 3.63) is 64.5 Å². The smallest absolute Gasteiger partial charge is 0.232 e. The fraction of sp³-hybridized carbons (Fsp3) is 0.318. The van der Waals surface area contributed by atoms with E-state index in [0.717, 1.165) is 16.8 Å². The summed E-state index contributed by atoms with van der Waals surface area (Å²) in [5.41, 5.74) is 3.97. The first-order valence-electron chi connectivity index (χ1n) is 9.43. The first kappa shape index (κ1) is 18.7. The molecule has 1 atom stereocenters. The lowest BCUT2D eigenvalue weighted by molar-refractivity contribution is -0.117. The molecule has 1 aromatic heterocycles. The second-order valence-electron chi connectivity index (χ2n) is 7.57. The molecule has 0 aliphatic carbocycles. The monoisotopic (exact) mass is 395 g/mol. The van der Waals surface area contributed by atoms with E-state index in [1.165, 1.54) is 5.56 Å². The van der Waals surface area contributed by atoms with E-state index in [1.54, 1.807) is 4.90 Å². The third-order valence-corrected chi connectivity index (χ3v) is 5.63. The molecule has 1 fully saturated rings. The maximum absolute atomic E-state index is 12.5. The molecular formula is C22H22ClN3O2. The number of hydrogen-bond acceptors (Lipinski definition) is 4. The summed E-state index contributed by atoms with van der Waals surface area (Å²) < 4.78 is 5.49. The fourth-order valence-corrected chi connectivity index (χ4v) is 3.57. The van der Waals surface area contributed by atoms with Gasteiger partial charge in [-0.05, 0) is 42.2 Å². The van der Waals surface area contributed by atoms with Crippen molar-refractivity contribution in [3.63, 3.8) is 0 Å². The van der Waals surface area contributed by atoms with Gasteiger partial charge in [0.2, 0.25) is 17.6 Å². The molecule has 0 saturated carbocycles. The first-order chi connectivity index (χ1) is 13.4. The van der Waals surface area contributed by atoms with Gasteiger partial charge in [0, 0.05) is 29.2 Å². The Labute approximate surface area is 169 Å². The second kappa shape index (κ2) is 7.40. The molecule has 6 heteroatoms. The summed E-state index contributed by atoms with van der Waals surface area (Å²) in [6, 6.07) is 13.8. The molecule has 4 rings (SSSR count). The number of carbonyl (C=O) groups is 1. The van der Waals surface area contributed by atoms with Crippen molar-refractivity contribution >= 4 is 23.2 Å². The van der Waals surface area contributed by atoms with Crippen LogP contribution in [0.2, 0.25) is 5.02 Å². The zero-order valence-electron chi connectivity index (χ0n) is 16.1. The highest BCUT2D eigenvalue weighted by Crippen LogP contribution is 2.33. The van der Waals surface area contributed by atoms with E-state index in [-0.39, 0.29) is 11.8 Å². The number of anilines is 1. The third kappa shape index (κ3) is 3.54. The van der Waals surface area contributed by atoms with Crippen molar-refractivity contribution in [2.24, 2.45) is 0 Å². The highest BCUT2D eigenvalue weighted by molar-refractivity contribution is 6.31. The minimum absolute atomic E-state index is 0.0489. The van der Waals surface area contributed by atoms with Crippen LogP contribution in [0.1, 0.15) is 49.1 Å². The molecular weight excluding hydrogens is 374 g/mol. The number of aryl methyl sites for hydroxylation is 1. The predicted molar refractivity (Wildman–Crippen MR) is 110 cm³/mol. The lowest BCUT2D eigenvalue weighted by Gasteiger charge is -2.17. The van der Waals surface area contributed by atoms with Gasteiger partial charge in [0.15, 0.2) is 0 Å². The number of hydrogen-bond donors (Lipinski definition) is 0. The van der Waals surface area contributed by atoms with Gasteiger partial charge in [0.05, 0.1) is 5.92 Å². The van der Waals surface area contributed by atoms with Crippen LogP contribution in [0, 0.1) is 6.92 Å².